The molecule has 0 spiro atoms. The fourth-order valence-corrected chi connectivity index (χ4v) is 2.80. The van der Waals surface area contributed by atoms with Crippen molar-refractivity contribution in [1.82, 2.24) is 9.80 Å². The Balaban J connectivity index is 1.74. The van der Waals surface area contributed by atoms with Crippen molar-refractivity contribution in [3.05, 3.63) is 35.9 Å². The average molecular weight is 268 g/mol. The molecule has 0 saturated carbocycles. The summed E-state index contributed by atoms with van der Waals surface area (Å²) < 4.78 is 24.5. The first-order chi connectivity index (χ1) is 9.13. The van der Waals surface area contributed by atoms with Crippen LogP contribution in [-0.2, 0) is 6.54 Å². The zero-order valence-corrected chi connectivity index (χ0v) is 11.4. The molecule has 1 aromatic carbocycles. The van der Waals surface area contributed by atoms with E-state index in [0.717, 1.165) is 32.6 Å². The third kappa shape index (κ3) is 4.88. The predicted octanol–water partition coefficient (Wildman–Crippen LogP) is 2.71. The van der Waals surface area contributed by atoms with E-state index in [1.54, 1.807) is 11.9 Å². The first-order valence-corrected chi connectivity index (χ1v) is 6.86. The predicted molar refractivity (Wildman–Crippen MR) is 73.3 cm³/mol. The number of halogens is 2. The zero-order valence-electron chi connectivity index (χ0n) is 11.4. The van der Waals surface area contributed by atoms with Crippen LogP contribution in [0, 0.1) is 5.92 Å². The van der Waals surface area contributed by atoms with Crippen LogP contribution in [0.3, 0.4) is 0 Å². The summed E-state index contributed by atoms with van der Waals surface area (Å²) in [5.74, 6) is 0.521. The molecule has 1 heterocycles. The normalized spacial score (nSPS) is 20.6. The standard InChI is InChI=1S/C15H22F2N2/c1-18(12-15(16)17)9-14-7-8-19(11-14)10-13-5-3-2-4-6-13/h2-6,14-15H,7-12H2,1H3. The number of hydrogen-bond donors (Lipinski definition) is 0. The van der Waals surface area contributed by atoms with Crippen molar-refractivity contribution in [3.8, 4) is 0 Å². The lowest BCUT2D eigenvalue weighted by molar-refractivity contribution is 0.0935. The van der Waals surface area contributed by atoms with Gasteiger partial charge in [0.1, 0.15) is 0 Å². The zero-order chi connectivity index (χ0) is 13.7. The van der Waals surface area contributed by atoms with Crippen molar-refractivity contribution in [2.24, 2.45) is 5.92 Å². The highest BCUT2D eigenvalue weighted by Gasteiger charge is 2.24. The highest BCUT2D eigenvalue weighted by atomic mass is 19.3. The number of nitrogens with zero attached hydrogens (tertiary/aromatic N) is 2. The third-order valence-electron chi connectivity index (χ3n) is 3.64. The van der Waals surface area contributed by atoms with Gasteiger partial charge in [-0.15, -0.1) is 0 Å². The minimum Gasteiger partial charge on any atom is -0.301 e. The van der Waals surface area contributed by atoms with Gasteiger partial charge in [-0.25, -0.2) is 8.78 Å². The lowest BCUT2D eigenvalue weighted by Crippen LogP contribution is -2.31. The lowest BCUT2D eigenvalue weighted by atomic mass is 10.1. The van der Waals surface area contributed by atoms with E-state index < -0.39 is 6.43 Å². The van der Waals surface area contributed by atoms with Gasteiger partial charge in [0.25, 0.3) is 6.43 Å². The monoisotopic (exact) mass is 268 g/mol. The Labute approximate surface area is 114 Å². The van der Waals surface area contributed by atoms with Crippen LogP contribution in [0.4, 0.5) is 8.78 Å². The summed E-state index contributed by atoms with van der Waals surface area (Å²) in [5, 5.41) is 0. The van der Waals surface area contributed by atoms with Gasteiger partial charge in [0, 0.05) is 19.6 Å². The Morgan fingerprint density at radius 1 is 1.32 bits per heavy atom. The number of hydrogen-bond acceptors (Lipinski definition) is 2. The topological polar surface area (TPSA) is 6.48 Å². The number of alkyl halides is 2. The molecule has 0 amide bonds. The van der Waals surface area contributed by atoms with Crippen LogP contribution in [0.5, 0.6) is 0 Å². The van der Waals surface area contributed by atoms with Gasteiger partial charge in [0.2, 0.25) is 0 Å². The maximum absolute atomic E-state index is 12.3. The molecule has 106 valence electrons. The van der Waals surface area contributed by atoms with Crippen LogP contribution in [0.2, 0.25) is 0 Å². The van der Waals surface area contributed by atoms with Crippen LogP contribution in [0.1, 0.15) is 12.0 Å². The smallest absolute Gasteiger partial charge is 0.251 e. The summed E-state index contributed by atoms with van der Waals surface area (Å²) >= 11 is 0. The van der Waals surface area contributed by atoms with Crippen molar-refractivity contribution in [2.75, 3.05) is 33.2 Å². The van der Waals surface area contributed by atoms with Crippen molar-refractivity contribution in [1.29, 1.82) is 0 Å². The Morgan fingerprint density at radius 3 is 2.74 bits per heavy atom. The quantitative estimate of drug-likeness (QED) is 0.782. The number of benzene rings is 1. The van der Waals surface area contributed by atoms with Gasteiger partial charge < -0.3 is 4.90 Å². The second kappa shape index (κ2) is 6.96. The highest BCUT2D eigenvalue weighted by molar-refractivity contribution is 5.14. The molecule has 1 unspecified atom stereocenters. The maximum Gasteiger partial charge on any atom is 0.251 e. The maximum atomic E-state index is 12.3. The molecular weight excluding hydrogens is 246 g/mol. The molecule has 2 nitrogen and oxygen atoms in total. The minimum atomic E-state index is -2.23. The average Bonchev–Trinajstić information content (AvgIpc) is 2.76. The van der Waals surface area contributed by atoms with Crippen LogP contribution < -0.4 is 0 Å². The van der Waals surface area contributed by atoms with E-state index in [-0.39, 0.29) is 6.54 Å². The van der Waals surface area contributed by atoms with Crippen LogP contribution in [0.25, 0.3) is 0 Å². The SMILES string of the molecule is CN(CC(F)F)CC1CCN(Cc2ccccc2)C1. The molecule has 0 aliphatic carbocycles. The molecule has 0 radical (unpaired) electrons. The van der Waals surface area contributed by atoms with E-state index in [9.17, 15) is 8.78 Å². The van der Waals surface area contributed by atoms with Crippen molar-refractivity contribution >= 4 is 0 Å². The minimum absolute atomic E-state index is 0.116. The van der Waals surface area contributed by atoms with E-state index in [1.807, 2.05) is 6.07 Å². The summed E-state index contributed by atoms with van der Waals surface area (Å²) in [5.41, 5.74) is 1.32. The molecule has 1 fully saturated rings. The third-order valence-corrected chi connectivity index (χ3v) is 3.64. The van der Waals surface area contributed by atoms with Gasteiger partial charge in [-0.3, -0.25) is 4.90 Å². The summed E-state index contributed by atoms with van der Waals surface area (Å²) in [7, 11) is 1.78. The summed E-state index contributed by atoms with van der Waals surface area (Å²) in [6.45, 7) is 3.71. The van der Waals surface area contributed by atoms with Crippen molar-refractivity contribution in [2.45, 2.75) is 19.4 Å². The molecule has 1 saturated heterocycles. The van der Waals surface area contributed by atoms with E-state index in [4.69, 9.17) is 0 Å². The molecule has 1 aliphatic heterocycles. The van der Waals surface area contributed by atoms with Gasteiger partial charge in [-0.1, -0.05) is 30.3 Å². The first kappa shape index (κ1) is 14.4. The number of rotatable bonds is 6. The van der Waals surface area contributed by atoms with E-state index in [1.165, 1.54) is 5.56 Å². The highest BCUT2D eigenvalue weighted by Crippen LogP contribution is 2.19. The molecule has 1 atom stereocenters. The molecule has 0 aromatic heterocycles. The van der Waals surface area contributed by atoms with E-state index >= 15 is 0 Å². The second-order valence-electron chi connectivity index (χ2n) is 5.49. The Bertz CT molecular complexity index is 370. The van der Waals surface area contributed by atoms with Gasteiger partial charge in [0.15, 0.2) is 0 Å². The summed E-state index contributed by atoms with van der Waals surface area (Å²) in [6, 6.07) is 10.4. The molecule has 0 bridgehead atoms. The number of likely N-dealkylation sites (tertiary alicyclic amines) is 1. The van der Waals surface area contributed by atoms with Crippen molar-refractivity contribution in [3.63, 3.8) is 0 Å². The molecular formula is C15H22F2N2. The Morgan fingerprint density at radius 2 is 2.05 bits per heavy atom. The van der Waals surface area contributed by atoms with Gasteiger partial charge in [0.05, 0.1) is 6.54 Å². The molecule has 1 aromatic rings. The van der Waals surface area contributed by atoms with Crippen molar-refractivity contribution < 1.29 is 8.78 Å². The van der Waals surface area contributed by atoms with Crippen LogP contribution in [0.15, 0.2) is 30.3 Å². The Hall–Kier alpha value is -1.00. The van der Waals surface area contributed by atoms with E-state index in [0.29, 0.717) is 5.92 Å². The first-order valence-electron chi connectivity index (χ1n) is 6.86. The van der Waals surface area contributed by atoms with E-state index in [2.05, 4.69) is 29.2 Å². The van der Waals surface area contributed by atoms with Gasteiger partial charge in [-0.2, -0.15) is 0 Å². The fraction of sp³-hybridized carbons (Fsp3) is 0.600. The van der Waals surface area contributed by atoms with Gasteiger partial charge in [-0.05, 0) is 31.5 Å². The largest absolute Gasteiger partial charge is 0.301 e. The Kier molecular flexibility index (Phi) is 5.28. The second-order valence-corrected chi connectivity index (χ2v) is 5.49. The summed E-state index contributed by atoms with van der Waals surface area (Å²) in [6.07, 6.45) is -1.12. The summed E-state index contributed by atoms with van der Waals surface area (Å²) in [4.78, 5) is 4.16. The van der Waals surface area contributed by atoms with Crippen LogP contribution in [-0.4, -0.2) is 49.5 Å². The fourth-order valence-electron chi connectivity index (χ4n) is 2.80. The van der Waals surface area contributed by atoms with Gasteiger partial charge >= 0.3 is 0 Å². The molecule has 0 N–H and O–H groups in total. The molecule has 1 aliphatic rings. The van der Waals surface area contributed by atoms with Crippen LogP contribution >= 0.6 is 0 Å². The molecule has 4 heteroatoms. The lowest BCUT2D eigenvalue weighted by Gasteiger charge is -2.21. The molecule has 2 rings (SSSR count). The molecule has 19 heavy (non-hydrogen) atoms.